The van der Waals surface area contributed by atoms with E-state index in [0.717, 1.165) is 24.9 Å². The van der Waals surface area contributed by atoms with Gasteiger partial charge in [0.1, 0.15) is 6.54 Å². The van der Waals surface area contributed by atoms with Crippen molar-refractivity contribution in [3.8, 4) is 0 Å². The average Bonchev–Trinajstić information content (AvgIpc) is 3.33. The number of likely N-dealkylation sites (tertiary alicyclic amines) is 1. The molecule has 1 aromatic carbocycles. The van der Waals surface area contributed by atoms with Crippen LogP contribution in [0.1, 0.15) is 32.1 Å². The van der Waals surface area contributed by atoms with Gasteiger partial charge in [0.05, 0.1) is 5.52 Å². The zero-order valence-corrected chi connectivity index (χ0v) is 16.3. The number of benzene rings is 1. The monoisotopic (exact) mass is 381 g/mol. The van der Waals surface area contributed by atoms with Crippen LogP contribution in [0.2, 0.25) is 0 Å². The molecule has 2 amide bonds. The van der Waals surface area contributed by atoms with Crippen molar-refractivity contribution in [3.63, 3.8) is 0 Å². The van der Waals surface area contributed by atoms with Crippen molar-refractivity contribution in [2.24, 2.45) is 5.92 Å². The van der Waals surface area contributed by atoms with Gasteiger partial charge in [-0.05, 0) is 25.0 Å². The van der Waals surface area contributed by atoms with Crippen LogP contribution in [0.15, 0.2) is 41.3 Å². The Kier molecular flexibility index (Phi) is 5.20. The fourth-order valence-electron chi connectivity index (χ4n) is 4.65. The highest BCUT2D eigenvalue weighted by atomic mass is 16.2. The van der Waals surface area contributed by atoms with E-state index in [4.69, 9.17) is 0 Å². The van der Waals surface area contributed by atoms with Gasteiger partial charge in [0, 0.05) is 56.2 Å². The summed E-state index contributed by atoms with van der Waals surface area (Å²) in [6, 6.07) is 9.25. The van der Waals surface area contributed by atoms with Crippen molar-refractivity contribution in [3.05, 3.63) is 46.8 Å². The molecule has 2 fully saturated rings. The topological polar surface area (TPSA) is 62.6 Å². The fourth-order valence-corrected chi connectivity index (χ4v) is 4.65. The number of amides is 2. The normalized spacial score (nSPS) is 20.2. The molecule has 0 bridgehead atoms. The first-order valence-corrected chi connectivity index (χ1v) is 10.1. The summed E-state index contributed by atoms with van der Waals surface area (Å²) in [5.74, 6) is 0.428. The molecule has 148 valence electrons. The van der Waals surface area contributed by atoms with Crippen molar-refractivity contribution in [1.82, 2.24) is 14.4 Å². The molecule has 1 aliphatic carbocycles. The van der Waals surface area contributed by atoms with Crippen LogP contribution in [-0.2, 0) is 16.1 Å². The average molecular weight is 381 g/mol. The number of aromatic nitrogens is 1. The molecule has 28 heavy (non-hydrogen) atoms. The SMILES string of the molecule is CN(CC1CC(=O)N(C2CCCC2)C1)C(=O)Cn1ccc(=O)c2ccccc21. The first-order valence-electron chi connectivity index (χ1n) is 10.1. The van der Waals surface area contributed by atoms with Gasteiger partial charge >= 0.3 is 0 Å². The zero-order chi connectivity index (χ0) is 19.7. The van der Waals surface area contributed by atoms with Gasteiger partial charge < -0.3 is 14.4 Å². The molecule has 0 radical (unpaired) electrons. The van der Waals surface area contributed by atoms with Crippen molar-refractivity contribution in [2.45, 2.75) is 44.7 Å². The number of hydrogen-bond donors (Lipinski definition) is 0. The Labute approximate surface area is 164 Å². The van der Waals surface area contributed by atoms with Crippen LogP contribution in [0.4, 0.5) is 0 Å². The van der Waals surface area contributed by atoms with Gasteiger partial charge in [0.25, 0.3) is 0 Å². The van der Waals surface area contributed by atoms with Crippen LogP contribution >= 0.6 is 0 Å². The van der Waals surface area contributed by atoms with Crippen LogP contribution in [0.5, 0.6) is 0 Å². The summed E-state index contributed by atoms with van der Waals surface area (Å²) in [5.41, 5.74) is 0.726. The Morgan fingerprint density at radius 3 is 2.68 bits per heavy atom. The lowest BCUT2D eigenvalue weighted by molar-refractivity contribution is -0.131. The lowest BCUT2D eigenvalue weighted by Gasteiger charge is -2.25. The molecule has 1 saturated carbocycles. The van der Waals surface area contributed by atoms with Gasteiger partial charge in [-0.2, -0.15) is 0 Å². The summed E-state index contributed by atoms with van der Waals surface area (Å²) in [6.45, 7) is 1.54. The van der Waals surface area contributed by atoms with Crippen LogP contribution in [-0.4, -0.2) is 52.4 Å². The zero-order valence-electron chi connectivity index (χ0n) is 16.3. The van der Waals surface area contributed by atoms with Gasteiger partial charge in [0.15, 0.2) is 5.43 Å². The number of rotatable bonds is 5. The second kappa shape index (κ2) is 7.78. The van der Waals surface area contributed by atoms with Crippen molar-refractivity contribution in [1.29, 1.82) is 0 Å². The number of carbonyl (C=O) groups excluding carboxylic acids is 2. The minimum absolute atomic E-state index is 0.0134. The van der Waals surface area contributed by atoms with Gasteiger partial charge in [-0.25, -0.2) is 0 Å². The molecule has 1 saturated heterocycles. The van der Waals surface area contributed by atoms with E-state index in [9.17, 15) is 14.4 Å². The quantitative estimate of drug-likeness (QED) is 0.798. The Hall–Kier alpha value is -2.63. The van der Waals surface area contributed by atoms with E-state index in [1.807, 2.05) is 27.7 Å². The summed E-state index contributed by atoms with van der Waals surface area (Å²) >= 11 is 0. The minimum Gasteiger partial charge on any atom is -0.344 e. The van der Waals surface area contributed by atoms with E-state index < -0.39 is 0 Å². The number of likely N-dealkylation sites (N-methyl/N-ethyl adjacent to an activating group) is 1. The van der Waals surface area contributed by atoms with E-state index in [2.05, 4.69) is 0 Å². The highest BCUT2D eigenvalue weighted by molar-refractivity contribution is 5.82. The number of fused-ring (bicyclic) bond motifs is 1. The van der Waals surface area contributed by atoms with Gasteiger partial charge in [-0.15, -0.1) is 0 Å². The summed E-state index contributed by atoms with van der Waals surface area (Å²) < 4.78 is 1.82. The first-order chi connectivity index (χ1) is 13.5. The summed E-state index contributed by atoms with van der Waals surface area (Å²) in [7, 11) is 1.80. The number of pyridine rings is 1. The second-order valence-electron chi connectivity index (χ2n) is 8.15. The molecule has 0 N–H and O–H groups in total. The highest BCUT2D eigenvalue weighted by Crippen LogP contribution is 2.29. The third-order valence-corrected chi connectivity index (χ3v) is 6.15. The van der Waals surface area contributed by atoms with Crippen LogP contribution in [0.25, 0.3) is 10.9 Å². The van der Waals surface area contributed by atoms with Crippen molar-refractivity contribution in [2.75, 3.05) is 20.1 Å². The summed E-state index contributed by atoms with van der Waals surface area (Å²) in [4.78, 5) is 40.9. The third kappa shape index (κ3) is 3.68. The van der Waals surface area contributed by atoms with E-state index in [0.29, 0.717) is 24.4 Å². The maximum Gasteiger partial charge on any atom is 0.242 e. The maximum atomic E-state index is 12.8. The largest absolute Gasteiger partial charge is 0.344 e. The molecular formula is C22H27N3O3. The van der Waals surface area contributed by atoms with Gasteiger partial charge in [0.2, 0.25) is 11.8 Å². The molecule has 6 heteroatoms. The minimum atomic E-state index is -0.0378. The standard InChI is InChI=1S/C22H27N3O3/c1-23(13-16-12-21(27)25(14-16)17-6-2-3-7-17)22(28)15-24-11-10-20(26)18-8-4-5-9-19(18)24/h4-5,8-11,16-17H,2-3,6-7,12-15H2,1H3. The Balaban J connectivity index is 1.40. The van der Waals surface area contributed by atoms with E-state index in [-0.39, 0.29) is 29.7 Å². The Bertz CT molecular complexity index is 945. The van der Waals surface area contributed by atoms with Crippen LogP contribution < -0.4 is 5.43 Å². The maximum absolute atomic E-state index is 12.8. The molecule has 6 nitrogen and oxygen atoms in total. The molecule has 0 spiro atoms. The molecule has 2 aliphatic rings. The van der Waals surface area contributed by atoms with E-state index >= 15 is 0 Å². The summed E-state index contributed by atoms with van der Waals surface area (Å²) in [6.07, 6.45) is 6.88. The molecule has 1 unspecified atom stereocenters. The molecule has 1 aromatic heterocycles. The Morgan fingerprint density at radius 2 is 1.89 bits per heavy atom. The van der Waals surface area contributed by atoms with E-state index in [1.54, 1.807) is 24.2 Å². The smallest absolute Gasteiger partial charge is 0.242 e. The van der Waals surface area contributed by atoms with Crippen LogP contribution in [0, 0.1) is 5.92 Å². The molecule has 1 aliphatic heterocycles. The summed E-state index contributed by atoms with van der Waals surface area (Å²) in [5, 5.41) is 0.619. The predicted octanol–water partition coefficient (Wildman–Crippen LogP) is 2.25. The first kappa shape index (κ1) is 18.7. The lowest BCUT2D eigenvalue weighted by Crippen LogP contribution is -2.37. The van der Waals surface area contributed by atoms with Crippen LogP contribution in [0.3, 0.4) is 0 Å². The molecule has 4 rings (SSSR count). The number of hydrogen-bond acceptors (Lipinski definition) is 3. The number of nitrogens with zero attached hydrogens (tertiary/aromatic N) is 3. The van der Waals surface area contributed by atoms with Crippen molar-refractivity contribution >= 4 is 22.7 Å². The highest BCUT2D eigenvalue weighted by Gasteiger charge is 2.36. The molecule has 2 heterocycles. The van der Waals surface area contributed by atoms with Gasteiger partial charge in [-0.3, -0.25) is 14.4 Å². The van der Waals surface area contributed by atoms with Crippen molar-refractivity contribution < 1.29 is 9.59 Å². The molecule has 2 aromatic rings. The number of para-hydroxylation sites is 1. The molecule has 1 atom stereocenters. The second-order valence-corrected chi connectivity index (χ2v) is 8.15. The lowest BCUT2D eigenvalue weighted by atomic mass is 10.1. The van der Waals surface area contributed by atoms with Gasteiger partial charge in [-0.1, -0.05) is 25.0 Å². The third-order valence-electron chi connectivity index (χ3n) is 6.15. The predicted molar refractivity (Wildman–Crippen MR) is 108 cm³/mol. The fraction of sp³-hybridized carbons (Fsp3) is 0.500. The Morgan fingerprint density at radius 1 is 1.14 bits per heavy atom. The number of carbonyl (C=O) groups is 2. The van der Waals surface area contributed by atoms with E-state index in [1.165, 1.54) is 18.9 Å². The molecular weight excluding hydrogens is 354 g/mol.